The van der Waals surface area contributed by atoms with Crippen LogP contribution in [0.15, 0.2) is 71.7 Å². The van der Waals surface area contributed by atoms with E-state index in [1.807, 2.05) is 30.3 Å². The highest BCUT2D eigenvalue weighted by Gasteiger charge is 2.10. The molecule has 31 heavy (non-hydrogen) atoms. The summed E-state index contributed by atoms with van der Waals surface area (Å²) < 4.78 is 11.5. The Hall–Kier alpha value is -3.60. The van der Waals surface area contributed by atoms with Gasteiger partial charge in [0.1, 0.15) is 6.61 Å². The average molecular weight is 418 g/mol. The van der Waals surface area contributed by atoms with Crippen LogP contribution < -0.4 is 9.47 Å². The van der Waals surface area contributed by atoms with Crippen molar-refractivity contribution in [2.45, 2.75) is 32.8 Å². The van der Waals surface area contributed by atoms with E-state index in [-0.39, 0.29) is 12.2 Å². The standard InChI is InChI=1S/C26H27NO4/c1-4-18(2)20-12-14-23(15-13-20)27-16-22-6-5-7-24(30-3)25(22)31-17-19-8-10-21(11-9-19)26(28)29/h5-16,18H,4,17H2,1-3H3,(H,28,29)/t18-/m0/s1. The van der Waals surface area contributed by atoms with Crippen molar-refractivity contribution in [3.8, 4) is 11.5 Å². The van der Waals surface area contributed by atoms with Crippen LogP contribution in [-0.2, 0) is 6.61 Å². The van der Waals surface area contributed by atoms with Crippen LogP contribution in [0.5, 0.6) is 11.5 Å². The van der Waals surface area contributed by atoms with Gasteiger partial charge in [-0.1, -0.05) is 44.2 Å². The summed E-state index contributed by atoms with van der Waals surface area (Å²) in [4.78, 5) is 15.6. The highest BCUT2D eigenvalue weighted by molar-refractivity contribution is 5.88. The summed E-state index contributed by atoms with van der Waals surface area (Å²) in [6.07, 6.45) is 2.87. The molecule has 3 aromatic carbocycles. The molecule has 0 amide bonds. The predicted molar refractivity (Wildman–Crippen MR) is 123 cm³/mol. The Morgan fingerprint density at radius 3 is 2.39 bits per heavy atom. The van der Waals surface area contributed by atoms with Crippen molar-refractivity contribution >= 4 is 17.9 Å². The summed E-state index contributed by atoms with van der Waals surface area (Å²) in [5, 5.41) is 9.03. The first kappa shape index (κ1) is 22.1. The van der Waals surface area contributed by atoms with Crippen LogP contribution in [0.1, 0.15) is 53.2 Å². The van der Waals surface area contributed by atoms with Crippen LogP contribution in [0, 0.1) is 0 Å². The number of aliphatic imine (C=N–C) groups is 1. The Labute approximate surface area is 183 Å². The van der Waals surface area contributed by atoms with Crippen LogP contribution in [0.3, 0.4) is 0 Å². The second kappa shape index (κ2) is 10.4. The lowest BCUT2D eigenvalue weighted by Crippen LogP contribution is -2.02. The van der Waals surface area contributed by atoms with Crippen molar-refractivity contribution in [3.63, 3.8) is 0 Å². The first-order valence-electron chi connectivity index (χ1n) is 10.3. The number of para-hydroxylation sites is 1. The van der Waals surface area contributed by atoms with Crippen LogP contribution in [-0.4, -0.2) is 24.4 Å². The third kappa shape index (κ3) is 5.72. The Morgan fingerprint density at radius 1 is 1.06 bits per heavy atom. The van der Waals surface area contributed by atoms with Crippen molar-refractivity contribution in [3.05, 3.63) is 89.0 Å². The first-order valence-corrected chi connectivity index (χ1v) is 10.3. The molecule has 0 unspecified atom stereocenters. The summed E-state index contributed by atoms with van der Waals surface area (Å²) in [6, 6.07) is 20.5. The third-order valence-electron chi connectivity index (χ3n) is 5.24. The van der Waals surface area contributed by atoms with Gasteiger partial charge >= 0.3 is 5.97 Å². The molecule has 5 heteroatoms. The van der Waals surface area contributed by atoms with Crippen LogP contribution >= 0.6 is 0 Å². The van der Waals surface area contributed by atoms with E-state index in [4.69, 9.17) is 14.6 Å². The summed E-state index contributed by atoms with van der Waals surface area (Å²) in [5.41, 5.74) is 4.08. The van der Waals surface area contributed by atoms with Gasteiger partial charge in [0.25, 0.3) is 0 Å². The normalized spacial score (nSPS) is 12.0. The van der Waals surface area contributed by atoms with E-state index in [0.29, 0.717) is 17.4 Å². The van der Waals surface area contributed by atoms with Crippen molar-refractivity contribution < 1.29 is 19.4 Å². The summed E-state index contributed by atoms with van der Waals surface area (Å²) in [5.74, 6) is 0.777. The fraction of sp³-hybridized carbons (Fsp3) is 0.231. The summed E-state index contributed by atoms with van der Waals surface area (Å²) in [7, 11) is 1.60. The minimum Gasteiger partial charge on any atom is -0.493 e. The van der Waals surface area contributed by atoms with E-state index in [2.05, 4.69) is 31.0 Å². The number of benzene rings is 3. The first-order chi connectivity index (χ1) is 15.0. The van der Waals surface area contributed by atoms with Gasteiger partial charge in [-0.15, -0.1) is 0 Å². The second-order valence-corrected chi connectivity index (χ2v) is 7.33. The molecule has 0 saturated carbocycles. The van der Waals surface area contributed by atoms with Crippen molar-refractivity contribution in [2.75, 3.05) is 7.11 Å². The second-order valence-electron chi connectivity index (χ2n) is 7.33. The van der Waals surface area contributed by atoms with Gasteiger partial charge < -0.3 is 14.6 Å². The van der Waals surface area contributed by atoms with Gasteiger partial charge in [-0.05, 0) is 59.9 Å². The minimum absolute atomic E-state index is 0.244. The van der Waals surface area contributed by atoms with Gasteiger partial charge in [-0.25, -0.2) is 4.79 Å². The molecule has 0 bridgehead atoms. The van der Waals surface area contributed by atoms with Gasteiger partial charge in [0, 0.05) is 11.8 Å². The molecular formula is C26H27NO4. The monoisotopic (exact) mass is 417 g/mol. The Morgan fingerprint density at radius 2 is 1.77 bits per heavy atom. The topological polar surface area (TPSA) is 68.1 Å². The summed E-state index contributed by atoms with van der Waals surface area (Å²) >= 11 is 0. The summed E-state index contributed by atoms with van der Waals surface area (Å²) in [6.45, 7) is 4.68. The number of carboxylic acids is 1. The number of ether oxygens (including phenoxy) is 2. The van der Waals surface area contributed by atoms with Crippen molar-refractivity contribution in [1.82, 2.24) is 0 Å². The van der Waals surface area contributed by atoms with Gasteiger partial charge in [0.05, 0.1) is 18.4 Å². The molecule has 0 aromatic heterocycles. The highest BCUT2D eigenvalue weighted by atomic mass is 16.5. The zero-order valence-electron chi connectivity index (χ0n) is 18.0. The zero-order valence-corrected chi connectivity index (χ0v) is 18.0. The average Bonchev–Trinajstić information content (AvgIpc) is 2.81. The lowest BCUT2D eigenvalue weighted by molar-refractivity contribution is 0.0697. The Bertz CT molecular complexity index is 1040. The minimum atomic E-state index is -0.951. The van der Waals surface area contributed by atoms with Crippen LogP contribution in [0.4, 0.5) is 5.69 Å². The maximum absolute atomic E-state index is 11.0. The molecule has 0 fully saturated rings. The zero-order chi connectivity index (χ0) is 22.2. The maximum atomic E-state index is 11.0. The maximum Gasteiger partial charge on any atom is 0.335 e. The molecule has 3 aromatic rings. The van der Waals surface area contributed by atoms with Crippen LogP contribution in [0.25, 0.3) is 0 Å². The number of methoxy groups -OCH3 is 1. The van der Waals surface area contributed by atoms with E-state index >= 15 is 0 Å². The third-order valence-corrected chi connectivity index (χ3v) is 5.24. The Balaban J connectivity index is 1.78. The molecule has 0 aliphatic carbocycles. The number of hydrogen-bond acceptors (Lipinski definition) is 4. The molecule has 5 nitrogen and oxygen atoms in total. The van der Waals surface area contributed by atoms with Crippen molar-refractivity contribution in [1.29, 1.82) is 0 Å². The number of carboxylic acid groups (broad SMARTS) is 1. The lowest BCUT2D eigenvalue weighted by Gasteiger charge is -2.13. The van der Waals surface area contributed by atoms with E-state index in [1.165, 1.54) is 5.56 Å². The largest absolute Gasteiger partial charge is 0.493 e. The van der Waals surface area contributed by atoms with E-state index < -0.39 is 5.97 Å². The SMILES string of the molecule is CC[C@H](C)c1ccc(N=Cc2cccc(OC)c2OCc2ccc(C(=O)O)cc2)cc1. The quantitative estimate of drug-likeness (QED) is 0.419. The smallest absolute Gasteiger partial charge is 0.335 e. The number of nitrogens with zero attached hydrogens (tertiary/aromatic N) is 1. The molecule has 1 atom stereocenters. The molecule has 0 spiro atoms. The van der Waals surface area contributed by atoms with Gasteiger partial charge in [0.2, 0.25) is 0 Å². The van der Waals surface area contributed by atoms with E-state index in [1.54, 1.807) is 37.6 Å². The Kier molecular flexibility index (Phi) is 7.44. The fourth-order valence-electron chi connectivity index (χ4n) is 3.12. The number of aromatic carboxylic acids is 1. The van der Waals surface area contributed by atoms with E-state index in [0.717, 1.165) is 23.2 Å². The molecule has 0 aliphatic heterocycles. The number of hydrogen-bond donors (Lipinski definition) is 1. The fourth-order valence-corrected chi connectivity index (χ4v) is 3.12. The molecule has 0 aliphatic rings. The molecule has 0 radical (unpaired) electrons. The number of carbonyl (C=O) groups is 1. The molecule has 160 valence electrons. The molecule has 0 heterocycles. The molecule has 3 rings (SSSR count). The molecular weight excluding hydrogens is 390 g/mol. The lowest BCUT2D eigenvalue weighted by atomic mass is 9.99. The number of rotatable bonds is 9. The highest BCUT2D eigenvalue weighted by Crippen LogP contribution is 2.31. The van der Waals surface area contributed by atoms with Crippen LogP contribution in [0.2, 0.25) is 0 Å². The van der Waals surface area contributed by atoms with Gasteiger partial charge in [-0.2, -0.15) is 0 Å². The van der Waals surface area contributed by atoms with Gasteiger partial charge in [0.15, 0.2) is 11.5 Å². The molecule has 0 saturated heterocycles. The molecule has 1 N–H and O–H groups in total. The van der Waals surface area contributed by atoms with Crippen molar-refractivity contribution in [2.24, 2.45) is 4.99 Å². The van der Waals surface area contributed by atoms with Gasteiger partial charge in [-0.3, -0.25) is 4.99 Å². The van der Waals surface area contributed by atoms with E-state index in [9.17, 15) is 4.79 Å². The predicted octanol–water partition coefficient (Wildman–Crippen LogP) is 6.24.